The Labute approximate surface area is 141 Å². The number of imidazole rings is 1. The molecule has 8 heteroatoms. The summed E-state index contributed by atoms with van der Waals surface area (Å²) in [5.41, 5.74) is 8.51. The van der Waals surface area contributed by atoms with Gasteiger partial charge in [-0.3, -0.25) is 10.2 Å². The zero-order valence-corrected chi connectivity index (χ0v) is 13.4. The third-order valence-corrected chi connectivity index (χ3v) is 4.03. The van der Waals surface area contributed by atoms with Crippen molar-refractivity contribution in [3.05, 3.63) is 70.0 Å². The standard InChI is InChI=1S/C16H14N6OS/c23-15-11-5-1-2-6-12(11)20-16(24)22(15)19-9-18-21-10-17-13-7-3-4-8-14(13)21/h1-8,10,18-19H,9H2,(H,20,24). The number of hydrogen-bond acceptors (Lipinski definition) is 5. The fourth-order valence-electron chi connectivity index (χ4n) is 2.59. The van der Waals surface area contributed by atoms with E-state index in [4.69, 9.17) is 12.2 Å². The third-order valence-electron chi connectivity index (χ3n) is 3.75. The molecule has 0 amide bonds. The molecule has 0 saturated carbocycles. The number of hydrogen-bond donors (Lipinski definition) is 3. The van der Waals surface area contributed by atoms with Crippen molar-refractivity contribution >= 4 is 34.2 Å². The van der Waals surface area contributed by atoms with Crippen LogP contribution in [0.2, 0.25) is 0 Å². The highest BCUT2D eigenvalue weighted by molar-refractivity contribution is 7.71. The van der Waals surface area contributed by atoms with Gasteiger partial charge in [0.05, 0.1) is 21.9 Å². The smallest absolute Gasteiger partial charge is 0.280 e. The van der Waals surface area contributed by atoms with Crippen LogP contribution < -0.4 is 16.4 Å². The molecule has 2 aromatic heterocycles. The maximum atomic E-state index is 12.5. The molecule has 0 fully saturated rings. The Morgan fingerprint density at radius 1 is 1.08 bits per heavy atom. The highest BCUT2D eigenvalue weighted by Crippen LogP contribution is 2.09. The van der Waals surface area contributed by atoms with Gasteiger partial charge < -0.3 is 10.4 Å². The molecule has 4 rings (SSSR count). The van der Waals surface area contributed by atoms with Crippen LogP contribution >= 0.6 is 12.2 Å². The Morgan fingerprint density at radius 3 is 2.79 bits per heavy atom. The first-order valence-corrected chi connectivity index (χ1v) is 7.79. The van der Waals surface area contributed by atoms with Gasteiger partial charge in [0.15, 0.2) is 4.77 Å². The lowest BCUT2D eigenvalue weighted by Crippen LogP contribution is -2.35. The van der Waals surface area contributed by atoms with Gasteiger partial charge in [-0.05, 0) is 36.5 Å². The van der Waals surface area contributed by atoms with Crippen LogP contribution in [0.5, 0.6) is 0 Å². The number of aromatic amines is 1. The minimum absolute atomic E-state index is 0.188. The topological polar surface area (TPSA) is 79.7 Å². The largest absolute Gasteiger partial charge is 0.330 e. The number of para-hydroxylation sites is 3. The van der Waals surface area contributed by atoms with Crippen molar-refractivity contribution < 1.29 is 0 Å². The molecule has 0 aliphatic rings. The zero-order valence-electron chi connectivity index (χ0n) is 12.6. The normalized spacial score (nSPS) is 11.0. The molecule has 0 aliphatic heterocycles. The Kier molecular flexibility index (Phi) is 3.51. The highest BCUT2D eigenvalue weighted by Gasteiger charge is 2.05. The van der Waals surface area contributed by atoms with Crippen LogP contribution in [-0.2, 0) is 0 Å². The fourth-order valence-corrected chi connectivity index (χ4v) is 2.85. The van der Waals surface area contributed by atoms with E-state index in [0.717, 1.165) is 16.6 Å². The van der Waals surface area contributed by atoms with Crippen LogP contribution in [0.4, 0.5) is 0 Å². The van der Waals surface area contributed by atoms with Gasteiger partial charge in [0.1, 0.15) is 13.0 Å². The predicted octanol–water partition coefficient (Wildman–Crippen LogP) is 2.15. The van der Waals surface area contributed by atoms with Crippen LogP contribution in [0.25, 0.3) is 21.9 Å². The molecule has 4 aromatic rings. The van der Waals surface area contributed by atoms with Gasteiger partial charge in [-0.15, -0.1) is 0 Å². The van der Waals surface area contributed by atoms with E-state index in [1.54, 1.807) is 17.1 Å². The van der Waals surface area contributed by atoms with E-state index >= 15 is 0 Å². The molecule has 0 atom stereocenters. The van der Waals surface area contributed by atoms with Crippen molar-refractivity contribution in [2.45, 2.75) is 0 Å². The van der Waals surface area contributed by atoms with E-state index in [2.05, 4.69) is 20.8 Å². The van der Waals surface area contributed by atoms with E-state index in [-0.39, 0.29) is 5.56 Å². The number of fused-ring (bicyclic) bond motifs is 2. The summed E-state index contributed by atoms with van der Waals surface area (Å²) in [5.74, 6) is 0. The van der Waals surface area contributed by atoms with Gasteiger partial charge in [-0.25, -0.2) is 9.66 Å². The SMILES string of the molecule is O=c1c2ccccc2[nH]c(=S)n1NCNn1cnc2ccccc21. The molecule has 7 nitrogen and oxygen atoms in total. The molecule has 2 aromatic carbocycles. The summed E-state index contributed by atoms with van der Waals surface area (Å²) < 4.78 is 3.43. The third kappa shape index (κ3) is 2.42. The van der Waals surface area contributed by atoms with Gasteiger partial charge in [-0.2, -0.15) is 4.68 Å². The Bertz CT molecular complexity index is 1140. The van der Waals surface area contributed by atoms with E-state index in [1.165, 1.54) is 4.68 Å². The number of nitrogens with zero attached hydrogens (tertiary/aromatic N) is 3. The maximum Gasteiger partial charge on any atom is 0.280 e. The highest BCUT2D eigenvalue weighted by atomic mass is 32.1. The van der Waals surface area contributed by atoms with Crippen molar-refractivity contribution in [2.24, 2.45) is 0 Å². The predicted molar refractivity (Wildman–Crippen MR) is 96.7 cm³/mol. The molecule has 2 heterocycles. The van der Waals surface area contributed by atoms with Crippen LogP contribution in [0.15, 0.2) is 59.7 Å². The lowest BCUT2D eigenvalue weighted by atomic mass is 10.2. The number of benzene rings is 2. The molecule has 24 heavy (non-hydrogen) atoms. The first-order chi connectivity index (χ1) is 11.7. The van der Waals surface area contributed by atoms with Crippen LogP contribution in [0.3, 0.4) is 0 Å². The summed E-state index contributed by atoms with van der Waals surface area (Å²) in [6.45, 7) is 0.302. The summed E-state index contributed by atoms with van der Waals surface area (Å²) in [6, 6.07) is 15.0. The Morgan fingerprint density at radius 2 is 1.88 bits per heavy atom. The fraction of sp³-hybridized carbons (Fsp3) is 0.0625. The Hall–Kier alpha value is -3.13. The number of rotatable bonds is 4. The molecule has 0 aliphatic carbocycles. The van der Waals surface area contributed by atoms with E-state index < -0.39 is 0 Å². The van der Waals surface area contributed by atoms with E-state index in [0.29, 0.717) is 16.8 Å². The first-order valence-electron chi connectivity index (χ1n) is 7.38. The lowest BCUT2D eigenvalue weighted by Gasteiger charge is -2.13. The molecule has 120 valence electrons. The van der Waals surface area contributed by atoms with Gasteiger partial charge in [0.2, 0.25) is 0 Å². The van der Waals surface area contributed by atoms with Gasteiger partial charge in [0.25, 0.3) is 5.56 Å². The van der Waals surface area contributed by atoms with E-state index in [1.807, 2.05) is 42.5 Å². The Balaban J connectivity index is 1.59. The van der Waals surface area contributed by atoms with Crippen molar-refractivity contribution in [3.8, 4) is 0 Å². The molecule has 0 bridgehead atoms. The van der Waals surface area contributed by atoms with Crippen molar-refractivity contribution in [1.29, 1.82) is 0 Å². The molecule has 0 saturated heterocycles. The van der Waals surface area contributed by atoms with Crippen molar-refractivity contribution in [3.63, 3.8) is 0 Å². The molecular weight excluding hydrogens is 324 g/mol. The quantitative estimate of drug-likeness (QED) is 0.392. The monoisotopic (exact) mass is 338 g/mol. The molecule has 0 radical (unpaired) electrons. The average Bonchev–Trinajstić information content (AvgIpc) is 3.01. The summed E-state index contributed by atoms with van der Waals surface area (Å²) in [6.07, 6.45) is 1.69. The second-order valence-corrected chi connectivity index (χ2v) is 5.60. The number of aromatic nitrogens is 4. The van der Waals surface area contributed by atoms with Crippen LogP contribution in [0.1, 0.15) is 0 Å². The van der Waals surface area contributed by atoms with Gasteiger partial charge >= 0.3 is 0 Å². The number of nitrogens with one attached hydrogen (secondary N) is 3. The second kappa shape index (κ2) is 5.82. The molecular formula is C16H14N6OS. The van der Waals surface area contributed by atoms with Crippen molar-refractivity contribution in [1.82, 2.24) is 19.3 Å². The summed E-state index contributed by atoms with van der Waals surface area (Å²) in [4.78, 5) is 19.9. The molecule has 3 N–H and O–H groups in total. The second-order valence-electron chi connectivity index (χ2n) is 5.21. The minimum atomic E-state index is -0.188. The van der Waals surface area contributed by atoms with Crippen LogP contribution in [-0.4, -0.2) is 26.0 Å². The summed E-state index contributed by atoms with van der Waals surface area (Å²) in [7, 11) is 0. The van der Waals surface area contributed by atoms with Crippen LogP contribution in [0, 0.1) is 4.77 Å². The van der Waals surface area contributed by atoms with Gasteiger partial charge in [-0.1, -0.05) is 24.3 Å². The maximum absolute atomic E-state index is 12.5. The number of H-pyrrole nitrogens is 1. The average molecular weight is 338 g/mol. The molecule has 0 unspecified atom stereocenters. The minimum Gasteiger partial charge on any atom is -0.330 e. The summed E-state index contributed by atoms with van der Waals surface area (Å²) >= 11 is 5.26. The van der Waals surface area contributed by atoms with Crippen molar-refractivity contribution in [2.75, 3.05) is 17.5 Å². The van der Waals surface area contributed by atoms with Gasteiger partial charge in [0, 0.05) is 0 Å². The molecule has 0 spiro atoms. The van der Waals surface area contributed by atoms with E-state index in [9.17, 15) is 4.79 Å². The first kappa shape index (κ1) is 14.5. The lowest BCUT2D eigenvalue weighted by molar-refractivity contribution is 0.758. The summed E-state index contributed by atoms with van der Waals surface area (Å²) in [5, 5.41) is 0.576. The zero-order chi connectivity index (χ0) is 16.5.